The van der Waals surface area contributed by atoms with Gasteiger partial charge in [-0.3, -0.25) is 0 Å². The number of hydrogen-bond acceptors (Lipinski definition) is 2. The Hall–Kier alpha value is -6.64. The van der Waals surface area contributed by atoms with Crippen LogP contribution in [0.15, 0.2) is 144 Å². The predicted octanol–water partition coefficient (Wildman–Crippen LogP) is 22.6. The highest BCUT2D eigenvalue weighted by Gasteiger charge is 2.59. The minimum Gasteiger partial charge on any atom is -0.454 e. The molecule has 1 spiro atoms. The fourth-order valence-corrected chi connectivity index (χ4v) is 25.9. The average Bonchev–Trinajstić information content (AvgIpc) is 1.49. The van der Waals surface area contributed by atoms with E-state index < -0.39 is 5.41 Å². The van der Waals surface area contributed by atoms with Crippen molar-refractivity contribution in [3.05, 3.63) is 206 Å². The second kappa shape index (κ2) is 17.0. The Morgan fingerprint density at radius 3 is 1.24 bits per heavy atom. The molecule has 8 aromatic carbocycles. The van der Waals surface area contributed by atoms with Crippen LogP contribution >= 0.6 is 0 Å². The first-order chi connectivity index (χ1) is 42.9. The van der Waals surface area contributed by atoms with Gasteiger partial charge in [-0.15, -0.1) is 0 Å². The van der Waals surface area contributed by atoms with Crippen molar-refractivity contribution in [2.75, 3.05) is 4.90 Å². The lowest BCUT2D eigenvalue weighted by atomic mass is 9.66. The van der Waals surface area contributed by atoms with Crippen LogP contribution < -0.4 is 4.90 Å². The standard InChI is InChI=1S/C85H79NO/c1-2-7-52(8-3-1)53-13-15-62(16-14-53)86(79-11-6-10-64-63-9-4-5-12-80(63)87-84(64)79)83-81-61-35-50-20-51(36-61)34-60(33-50)71(81)43-78-82(83)74-39-67-56-25-48-19-49(26-56)32-59(31-48)70(67)42-77(74)85(78)75-40-68-57-27-44-17-45(28-57)22-54(21-44)65(68)37-72(75)73-38-66-55-23-46-18-47(24-55)30-58(29-46)69(66)41-76(73)85/h1-16,37-51,54-61H,17-36H2. The second-order valence-electron chi connectivity index (χ2n) is 32.7. The highest BCUT2D eigenvalue weighted by Crippen LogP contribution is 2.73. The van der Waals surface area contributed by atoms with Gasteiger partial charge in [0.2, 0.25) is 0 Å². The lowest BCUT2D eigenvalue weighted by Gasteiger charge is -2.39. The molecule has 2 nitrogen and oxygen atoms in total. The van der Waals surface area contributed by atoms with Gasteiger partial charge in [0.25, 0.3) is 0 Å². The topological polar surface area (TPSA) is 16.4 Å². The van der Waals surface area contributed by atoms with E-state index in [1.807, 2.05) is 0 Å². The van der Waals surface area contributed by atoms with E-state index in [0.717, 1.165) is 58.5 Å². The van der Waals surface area contributed by atoms with Crippen LogP contribution in [0.25, 0.3) is 55.3 Å². The summed E-state index contributed by atoms with van der Waals surface area (Å²) in [5.41, 5.74) is 35.1. The zero-order valence-corrected chi connectivity index (χ0v) is 50.5. The van der Waals surface area contributed by atoms with E-state index in [1.54, 1.807) is 89.0 Å². The lowest BCUT2D eigenvalue weighted by molar-refractivity contribution is 0.165. The Labute approximate surface area is 513 Å². The maximum absolute atomic E-state index is 7.38. The summed E-state index contributed by atoms with van der Waals surface area (Å²) in [5, 5.41) is 2.42. The largest absolute Gasteiger partial charge is 0.454 e. The number of para-hydroxylation sites is 2. The first-order valence-electron chi connectivity index (χ1n) is 35.6. The van der Waals surface area contributed by atoms with Gasteiger partial charge < -0.3 is 9.32 Å². The number of rotatable bonds is 4. The first-order valence-corrected chi connectivity index (χ1v) is 35.6. The maximum atomic E-state index is 7.38. The summed E-state index contributed by atoms with van der Waals surface area (Å²) in [4.78, 5) is 2.86. The molecule has 0 aliphatic heterocycles. The molecule has 2 heteroatoms. The second-order valence-corrected chi connectivity index (χ2v) is 32.7. The highest BCUT2D eigenvalue weighted by molar-refractivity contribution is 6.12. The Morgan fingerprint density at radius 2 is 0.724 bits per heavy atom. The Bertz CT molecular complexity index is 4370. The van der Waals surface area contributed by atoms with Crippen LogP contribution in [0.2, 0.25) is 0 Å². The normalized spacial score (nSPS) is 35.2. The molecule has 87 heavy (non-hydrogen) atoms. The Balaban J connectivity index is 0.889. The van der Waals surface area contributed by atoms with Crippen molar-refractivity contribution in [1.29, 1.82) is 0 Å². The molecule has 1 heterocycles. The van der Waals surface area contributed by atoms with Crippen LogP contribution in [0.3, 0.4) is 0 Å². The zero-order valence-electron chi connectivity index (χ0n) is 50.5. The van der Waals surface area contributed by atoms with Crippen molar-refractivity contribution in [3.63, 3.8) is 0 Å². The number of hydrogen-bond donors (Lipinski definition) is 0. The lowest BCUT2D eigenvalue weighted by Crippen LogP contribution is -2.28. The maximum Gasteiger partial charge on any atom is 0.159 e. The van der Waals surface area contributed by atoms with Gasteiger partial charge in [-0.2, -0.15) is 0 Å². The molecule has 0 N–H and O–H groups in total. The average molecular weight is 1130 g/mol. The number of furan rings is 1. The van der Waals surface area contributed by atoms with Gasteiger partial charge >= 0.3 is 0 Å². The summed E-state index contributed by atoms with van der Waals surface area (Å²) < 4.78 is 7.38. The van der Waals surface area contributed by atoms with Crippen LogP contribution in [0.5, 0.6) is 0 Å². The molecule has 0 saturated heterocycles. The van der Waals surface area contributed by atoms with Gasteiger partial charge in [0.15, 0.2) is 5.58 Å². The van der Waals surface area contributed by atoms with Crippen molar-refractivity contribution in [2.45, 2.75) is 181 Å². The van der Waals surface area contributed by atoms with E-state index in [2.05, 4.69) is 144 Å². The smallest absolute Gasteiger partial charge is 0.159 e. The molecule has 0 amide bonds. The minimum atomic E-state index is -0.439. The van der Waals surface area contributed by atoms with Crippen molar-refractivity contribution in [3.8, 4) is 33.4 Å². The Morgan fingerprint density at radius 1 is 0.322 bits per heavy atom. The van der Waals surface area contributed by atoms with Crippen LogP contribution in [-0.2, 0) is 5.41 Å². The van der Waals surface area contributed by atoms with Crippen LogP contribution in [-0.4, -0.2) is 0 Å². The molecule has 18 aliphatic carbocycles. The molecule has 16 bridgehead atoms. The molecule has 8 unspecified atom stereocenters. The van der Waals surface area contributed by atoms with Gasteiger partial charge in [-0.05, 0) is 342 Å². The zero-order chi connectivity index (χ0) is 55.9. The molecular weight excluding hydrogens is 1050 g/mol. The van der Waals surface area contributed by atoms with E-state index in [4.69, 9.17) is 4.42 Å². The van der Waals surface area contributed by atoms with Crippen molar-refractivity contribution < 1.29 is 4.42 Å². The van der Waals surface area contributed by atoms with Crippen molar-refractivity contribution in [2.24, 2.45) is 47.3 Å². The van der Waals surface area contributed by atoms with Crippen LogP contribution in [0.1, 0.15) is 243 Å². The summed E-state index contributed by atoms with van der Waals surface area (Å²) in [6, 6.07) is 58.0. The van der Waals surface area contributed by atoms with Gasteiger partial charge in [0.1, 0.15) is 5.58 Å². The van der Waals surface area contributed by atoms with E-state index in [0.29, 0.717) is 47.3 Å². The molecule has 8 fully saturated rings. The summed E-state index contributed by atoms with van der Waals surface area (Å²) in [6.45, 7) is 0. The highest BCUT2D eigenvalue weighted by atomic mass is 16.3. The summed E-state index contributed by atoms with van der Waals surface area (Å²) in [6.07, 6.45) is 28.0. The van der Waals surface area contributed by atoms with E-state index in [-0.39, 0.29) is 0 Å². The first kappa shape index (κ1) is 48.3. The quantitative estimate of drug-likeness (QED) is 0.175. The minimum absolute atomic E-state index is 0.439. The molecule has 27 rings (SSSR count). The van der Waals surface area contributed by atoms with E-state index in [1.165, 1.54) is 167 Å². The molecule has 430 valence electrons. The third-order valence-corrected chi connectivity index (χ3v) is 28.3. The molecule has 0 radical (unpaired) electrons. The van der Waals surface area contributed by atoms with Gasteiger partial charge in [0.05, 0.1) is 16.8 Å². The fourth-order valence-electron chi connectivity index (χ4n) is 25.9. The summed E-state index contributed by atoms with van der Waals surface area (Å²) >= 11 is 0. The molecule has 9 aromatic rings. The molecule has 8 atom stereocenters. The van der Waals surface area contributed by atoms with E-state index in [9.17, 15) is 0 Å². The molecular formula is C85H79NO. The van der Waals surface area contributed by atoms with Crippen molar-refractivity contribution >= 4 is 39.0 Å². The fraction of sp³-hybridized carbons (Fsp3) is 0.435. The third-order valence-electron chi connectivity index (χ3n) is 28.3. The van der Waals surface area contributed by atoms with Gasteiger partial charge in [0, 0.05) is 22.0 Å². The monoisotopic (exact) mass is 1130 g/mol. The number of benzene rings is 8. The number of nitrogens with zero attached hydrogens (tertiary/aromatic N) is 1. The van der Waals surface area contributed by atoms with Crippen LogP contribution in [0.4, 0.5) is 17.1 Å². The predicted molar refractivity (Wildman–Crippen MR) is 352 cm³/mol. The van der Waals surface area contributed by atoms with Crippen LogP contribution in [0, 0.1) is 47.3 Å². The number of fused-ring (bicyclic) bond motifs is 13. The Kier molecular flexibility index (Phi) is 9.43. The third kappa shape index (κ3) is 6.40. The molecule has 1 aromatic heterocycles. The van der Waals surface area contributed by atoms with Gasteiger partial charge in [-0.1, -0.05) is 115 Å². The SMILES string of the molecule is c1ccc(-c2ccc(N(c3c4c(cc5c3C3CC6CC(CC5C6)C3)C3(c5cc6c(cc5-c5cc7c(cc53)C3CC5CC(CC7C5)C3)C3CC5CC(C3)CC6C5)c3cc5c(cc3-4)C3CC4CC(C3)CC5C4)c3cccc4c3oc3ccccc34)cc2)cc1. The molecule has 18 aliphatic rings. The van der Waals surface area contributed by atoms with Crippen molar-refractivity contribution in [1.82, 2.24) is 0 Å². The summed E-state index contributed by atoms with van der Waals surface area (Å²) in [5.74, 6) is 12.0. The molecule has 8 saturated carbocycles. The van der Waals surface area contributed by atoms with E-state index >= 15 is 0 Å². The van der Waals surface area contributed by atoms with Gasteiger partial charge in [-0.25, -0.2) is 0 Å². The number of anilines is 3. The summed E-state index contributed by atoms with van der Waals surface area (Å²) in [7, 11) is 0.